The van der Waals surface area contributed by atoms with Crippen molar-refractivity contribution in [3.05, 3.63) is 35.4 Å². The summed E-state index contributed by atoms with van der Waals surface area (Å²) < 4.78 is 26.6. The Morgan fingerprint density at radius 2 is 2.04 bits per heavy atom. The summed E-state index contributed by atoms with van der Waals surface area (Å²) in [6.45, 7) is 3.08. The third-order valence-electron chi connectivity index (χ3n) is 4.12. The monoisotopic (exact) mass is 339 g/mol. The van der Waals surface area contributed by atoms with Gasteiger partial charge in [-0.1, -0.05) is 13.0 Å². The molecule has 1 aliphatic rings. The zero-order chi connectivity index (χ0) is 17.5. The highest BCUT2D eigenvalue weighted by Gasteiger charge is 2.28. The lowest BCUT2D eigenvalue weighted by Gasteiger charge is -2.33. The van der Waals surface area contributed by atoms with Crippen LogP contribution in [0, 0.1) is 11.6 Å². The molecule has 2 rings (SSSR count). The molecule has 3 N–H and O–H groups in total. The zero-order valence-electron chi connectivity index (χ0n) is 13.7. The second-order valence-electron chi connectivity index (χ2n) is 5.97. The second-order valence-corrected chi connectivity index (χ2v) is 5.97. The fraction of sp³-hybridized carbons (Fsp3) is 0.529. The van der Waals surface area contributed by atoms with Crippen molar-refractivity contribution in [2.24, 2.45) is 0 Å². The smallest absolute Gasteiger partial charge is 0.239 e. The van der Waals surface area contributed by atoms with Crippen molar-refractivity contribution in [3.8, 4) is 0 Å². The molecule has 1 aromatic rings. The fourth-order valence-electron chi connectivity index (χ4n) is 2.90. The largest absolute Gasteiger partial charge is 0.350 e. The lowest BCUT2D eigenvalue weighted by atomic mass is 9.86. The van der Waals surface area contributed by atoms with Crippen molar-refractivity contribution in [3.63, 3.8) is 0 Å². The normalized spacial score (nSPS) is 20.5. The maximum atomic E-state index is 13.5. The van der Waals surface area contributed by atoms with E-state index in [-0.39, 0.29) is 30.3 Å². The van der Waals surface area contributed by atoms with Crippen LogP contribution in [-0.4, -0.2) is 37.5 Å². The molecule has 7 heteroatoms. The Labute approximate surface area is 140 Å². The minimum Gasteiger partial charge on any atom is -0.350 e. The summed E-state index contributed by atoms with van der Waals surface area (Å²) in [6, 6.07) is 3.61. The van der Waals surface area contributed by atoms with Crippen LogP contribution in [0.2, 0.25) is 0 Å². The Hall–Kier alpha value is -2.02. The molecule has 2 unspecified atom stereocenters. The maximum Gasteiger partial charge on any atom is 0.239 e. The molecule has 0 radical (unpaired) electrons. The van der Waals surface area contributed by atoms with Crippen LogP contribution in [0.25, 0.3) is 0 Å². The van der Waals surface area contributed by atoms with Gasteiger partial charge in [-0.25, -0.2) is 8.78 Å². The predicted molar refractivity (Wildman–Crippen MR) is 86.4 cm³/mol. The molecule has 1 saturated heterocycles. The van der Waals surface area contributed by atoms with Gasteiger partial charge in [-0.3, -0.25) is 9.59 Å². The third kappa shape index (κ3) is 4.99. The number of piperidine rings is 1. The first kappa shape index (κ1) is 18.3. The highest BCUT2D eigenvalue weighted by atomic mass is 19.2. The van der Waals surface area contributed by atoms with Crippen LogP contribution in [0.15, 0.2) is 18.2 Å². The molecule has 0 aliphatic carbocycles. The van der Waals surface area contributed by atoms with Gasteiger partial charge in [-0.05, 0) is 37.1 Å². The maximum absolute atomic E-state index is 13.5. The number of amides is 2. The Morgan fingerprint density at radius 1 is 1.25 bits per heavy atom. The lowest BCUT2D eigenvalue weighted by molar-refractivity contribution is -0.126. The first-order valence-electron chi connectivity index (χ1n) is 8.23. The van der Waals surface area contributed by atoms with Gasteiger partial charge in [0.1, 0.15) is 0 Å². The van der Waals surface area contributed by atoms with E-state index in [2.05, 4.69) is 16.0 Å². The van der Waals surface area contributed by atoms with E-state index in [4.69, 9.17) is 0 Å². The van der Waals surface area contributed by atoms with Crippen LogP contribution in [-0.2, 0) is 9.59 Å². The van der Waals surface area contributed by atoms with Crippen LogP contribution in [0.1, 0.15) is 37.7 Å². The molecule has 1 fully saturated rings. The molecule has 24 heavy (non-hydrogen) atoms. The third-order valence-corrected chi connectivity index (χ3v) is 4.12. The van der Waals surface area contributed by atoms with Crippen molar-refractivity contribution in [1.82, 2.24) is 16.0 Å². The van der Waals surface area contributed by atoms with E-state index < -0.39 is 11.6 Å². The summed E-state index contributed by atoms with van der Waals surface area (Å²) in [4.78, 5) is 23.4. The highest BCUT2D eigenvalue weighted by Crippen LogP contribution is 2.26. The molecule has 132 valence electrons. The van der Waals surface area contributed by atoms with E-state index in [9.17, 15) is 18.4 Å². The van der Waals surface area contributed by atoms with Crippen LogP contribution in [0.4, 0.5) is 8.78 Å². The molecular formula is C17H23F2N3O2. The van der Waals surface area contributed by atoms with Crippen LogP contribution < -0.4 is 16.0 Å². The number of nitrogens with one attached hydrogen (secondary N) is 3. The van der Waals surface area contributed by atoms with E-state index in [1.165, 1.54) is 6.07 Å². The summed E-state index contributed by atoms with van der Waals surface area (Å²) in [5.74, 6) is -2.32. The number of hydrogen-bond donors (Lipinski definition) is 3. The van der Waals surface area contributed by atoms with E-state index in [1.54, 1.807) is 6.07 Å². The minimum atomic E-state index is -0.886. The van der Waals surface area contributed by atoms with Gasteiger partial charge in [-0.15, -0.1) is 0 Å². The van der Waals surface area contributed by atoms with Crippen LogP contribution >= 0.6 is 0 Å². The molecule has 0 aromatic heterocycles. The predicted octanol–water partition coefficient (Wildman–Crippen LogP) is 1.44. The van der Waals surface area contributed by atoms with E-state index >= 15 is 0 Å². The lowest BCUT2D eigenvalue weighted by Crippen LogP contribution is -2.52. The Morgan fingerprint density at radius 3 is 2.75 bits per heavy atom. The summed E-state index contributed by atoms with van der Waals surface area (Å²) in [5.41, 5.74) is 0.663. The molecule has 1 aliphatic heterocycles. The van der Waals surface area contributed by atoms with Gasteiger partial charge in [0.25, 0.3) is 0 Å². The van der Waals surface area contributed by atoms with E-state index in [0.717, 1.165) is 19.0 Å². The summed E-state index contributed by atoms with van der Waals surface area (Å²) in [7, 11) is 0. The van der Waals surface area contributed by atoms with E-state index in [0.29, 0.717) is 24.9 Å². The molecular weight excluding hydrogens is 316 g/mol. The number of carbonyl (C=O) groups excluding carboxylic acids is 2. The van der Waals surface area contributed by atoms with Gasteiger partial charge in [-0.2, -0.15) is 0 Å². The Kier molecular flexibility index (Phi) is 6.66. The quantitative estimate of drug-likeness (QED) is 0.735. The average molecular weight is 339 g/mol. The number of rotatable bonds is 6. The highest BCUT2D eigenvalue weighted by molar-refractivity contribution is 5.84. The molecule has 0 bridgehead atoms. The van der Waals surface area contributed by atoms with Gasteiger partial charge >= 0.3 is 0 Å². The fourth-order valence-corrected chi connectivity index (χ4v) is 2.90. The number of hydrogen-bond acceptors (Lipinski definition) is 3. The summed E-state index contributed by atoms with van der Waals surface area (Å²) in [5, 5.41) is 8.61. The van der Waals surface area contributed by atoms with Crippen molar-refractivity contribution in [2.45, 2.75) is 38.1 Å². The molecule has 0 spiro atoms. The van der Waals surface area contributed by atoms with Crippen LogP contribution in [0.5, 0.6) is 0 Å². The average Bonchev–Trinajstić information content (AvgIpc) is 2.56. The van der Waals surface area contributed by atoms with Crippen molar-refractivity contribution in [1.29, 1.82) is 0 Å². The topological polar surface area (TPSA) is 70.2 Å². The van der Waals surface area contributed by atoms with Crippen molar-refractivity contribution in [2.75, 3.05) is 19.6 Å². The number of carbonyl (C=O) groups is 2. The second kappa shape index (κ2) is 8.73. The molecule has 1 aromatic carbocycles. The Balaban J connectivity index is 1.97. The van der Waals surface area contributed by atoms with Gasteiger partial charge in [0.15, 0.2) is 11.6 Å². The van der Waals surface area contributed by atoms with Gasteiger partial charge in [0, 0.05) is 24.9 Å². The van der Waals surface area contributed by atoms with Gasteiger partial charge in [0.2, 0.25) is 11.8 Å². The minimum absolute atomic E-state index is 0.0835. The molecule has 2 amide bonds. The molecule has 0 saturated carbocycles. The van der Waals surface area contributed by atoms with Gasteiger partial charge < -0.3 is 16.0 Å². The zero-order valence-corrected chi connectivity index (χ0v) is 13.7. The van der Waals surface area contributed by atoms with Crippen molar-refractivity contribution >= 4 is 11.8 Å². The first-order chi connectivity index (χ1) is 11.5. The van der Waals surface area contributed by atoms with Crippen molar-refractivity contribution < 1.29 is 18.4 Å². The number of halogens is 2. The van der Waals surface area contributed by atoms with Crippen LogP contribution in [0.3, 0.4) is 0 Å². The summed E-state index contributed by atoms with van der Waals surface area (Å²) >= 11 is 0. The van der Waals surface area contributed by atoms with Gasteiger partial charge in [0.05, 0.1) is 6.54 Å². The standard InChI is InChI=1S/C17H23F2N3O2/c1-2-3-16(23)21-10-17(24)22-15-9-20-7-6-12(15)11-4-5-13(18)14(19)8-11/h4-5,8,12,15,20H,2-3,6-7,9-10H2,1H3,(H,21,23)(H,22,24). The number of benzene rings is 1. The molecule has 5 nitrogen and oxygen atoms in total. The Bertz CT molecular complexity index is 595. The SMILES string of the molecule is CCCC(=O)NCC(=O)NC1CNCCC1c1ccc(F)c(F)c1. The summed E-state index contributed by atoms with van der Waals surface area (Å²) in [6.07, 6.45) is 1.81. The molecule has 2 atom stereocenters. The van der Waals surface area contributed by atoms with E-state index in [1.807, 2.05) is 6.92 Å². The molecule has 1 heterocycles. The first-order valence-corrected chi connectivity index (χ1v) is 8.23.